The molecule has 0 aromatic heterocycles. The van der Waals surface area contributed by atoms with E-state index in [2.05, 4.69) is 5.32 Å². The molecule has 86 valence electrons. The number of carbonyl (C=O) groups excluding carboxylic acids is 1. The average molecular weight is 242 g/mol. The SMILES string of the molecule is CC(C)(C(=O)O)C(=O)Nc1ccccc1Cl. The molecule has 0 aliphatic heterocycles. The molecule has 0 radical (unpaired) electrons. The normalized spacial score (nSPS) is 10.9. The maximum Gasteiger partial charge on any atom is 0.318 e. The summed E-state index contributed by atoms with van der Waals surface area (Å²) in [4.78, 5) is 22.5. The van der Waals surface area contributed by atoms with Crippen LogP contribution in [0.15, 0.2) is 24.3 Å². The number of halogens is 1. The maximum atomic E-state index is 11.7. The number of hydrogen-bond acceptors (Lipinski definition) is 2. The van der Waals surface area contributed by atoms with Gasteiger partial charge in [0.05, 0.1) is 10.7 Å². The summed E-state index contributed by atoms with van der Waals surface area (Å²) >= 11 is 5.84. The highest BCUT2D eigenvalue weighted by Crippen LogP contribution is 2.24. The van der Waals surface area contributed by atoms with Crippen LogP contribution in [-0.4, -0.2) is 17.0 Å². The molecule has 0 atom stereocenters. The third-order valence-electron chi connectivity index (χ3n) is 2.22. The highest BCUT2D eigenvalue weighted by atomic mass is 35.5. The van der Waals surface area contributed by atoms with Crippen LogP contribution >= 0.6 is 11.6 Å². The van der Waals surface area contributed by atoms with Crippen molar-refractivity contribution in [3.63, 3.8) is 0 Å². The Hall–Kier alpha value is -1.55. The van der Waals surface area contributed by atoms with E-state index in [1.54, 1.807) is 24.3 Å². The zero-order chi connectivity index (χ0) is 12.3. The Balaban J connectivity index is 2.88. The van der Waals surface area contributed by atoms with Crippen LogP contribution in [0.5, 0.6) is 0 Å². The van der Waals surface area contributed by atoms with Crippen LogP contribution in [0.2, 0.25) is 5.02 Å². The van der Waals surface area contributed by atoms with Crippen molar-refractivity contribution >= 4 is 29.2 Å². The molecule has 0 aliphatic rings. The Bertz CT molecular complexity index is 429. The number of anilines is 1. The van der Waals surface area contributed by atoms with Crippen molar-refractivity contribution in [1.29, 1.82) is 0 Å². The number of carboxylic acid groups (broad SMARTS) is 1. The molecule has 1 rings (SSSR count). The summed E-state index contributed by atoms with van der Waals surface area (Å²) in [6, 6.07) is 6.65. The highest BCUT2D eigenvalue weighted by Gasteiger charge is 2.36. The van der Waals surface area contributed by atoms with E-state index < -0.39 is 17.3 Å². The molecule has 0 aliphatic carbocycles. The second-order valence-electron chi connectivity index (χ2n) is 3.86. The molecule has 2 N–H and O–H groups in total. The van der Waals surface area contributed by atoms with E-state index >= 15 is 0 Å². The van der Waals surface area contributed by atoms with Crippen molar-refractivity contribution in [2.75, 3.05) is 5.32 Å². The summed E-state index contributed by atoms with van der Waals surface area (Å²) in [7, 11) is 0. The summed E-state index contributed by atoms with van der Waals surface area (Å²) in [6.07, 6.45) is 0. The van der Waals surface area contributed by atoms with Gasteiger partial charge in [0.1, 0.15) is 5.41 Å². The first-order valence-corrected chi connectivity index (χ1v) is 5.03. The third kappa shape index (κ3) is 2.52. The largest absolute Gasteiger partial charge is 0.480 e. The van der Waals surface area contributed by atoms with E-state index in [-0.39, 0.29) is 0 Å². The summed E-state index contributed by atoms with van der Waals surface area (Å²) < 4.78 is 0. The lowest BCUT2D eigenvalue weighted by Crippen LogP contribution is -2.37. The molecule has 5 heteroatoms. The van der Waals surface area contributed by atoms with Crippen molar-refractivity contribution in [2.24, 2.45) is 5.41 Å². The summed E-state index contributed by atoms with van der Waals surface area (Å²) in [6.45, 7) is 2.67. The first kappa shape index (κ1) is 12.5. The monoisotopic (exact) mass is 241 g/mol. The van der Waals surface area contributed by atoms with E-state index in [0.717, 1.165) is 0 Å². The summed E-state index contributed by atoms with van der Waals surface area (Å²) in [5.74, 6) is -1.79. The van der Waals surface area contributed by atoms with Crippen LogP contribution in [0.3, 0.4) is 0 Å². The van der Waals surface area contributed by atoms with Crippen molar-refractivity contribution in [2.45, 2.75) is 13.8 Å². The quantitative estimate of drug-likeness (QED) is 0.799. The Kier molecular flexibility index (Phi) is 3.55. The minimum absolute atomic E-state index is 0.372. The number of carbonyl (C=O) groups is 2. The topological polar surface area (TPSA) is 66.4 Å². The number of rotatable bonds is 3. The third-order valence-corrected chi connectivity index (χ3v) is 2.55. The number of benzene rings is 1. The molecule has 1 amide bonds. The fourth-order valence-electron chi connectivity index (χ4n) is 0.938. The minimum Gasteiger partial charge on any atom is -0.480 e. The smallest absolute Gasteiger partial charge is 0.318 e. The molecular weight excluding hydrogens is 230 g/mol. The summed E-state index contributed by atoms with van der Waals surface area (Å²) in [5.41, 5.74) is -1.08. The molecule has 0 saturated carbocycles. The number of aliphatic carboxylic acids is 1. The van der Waals surface area contributed by atoms with E-state index in [1.807, 2.05) is 0 Å². The van der Waals surface area contributed by atoms with Gasteiger partial charge < -0.3 is 10.4 Å². The van der Waals surface area contributed by atoms with Gasteiger partial charge in [0.25, 0.3) is 0 Å². The van der Waals surface area contributed by atoms with E-state index in [9.17, 15) is 9.59 Å². The van der Waals surface area contributed by atoms with Gasteiger partial charge >= 0.3 is 5.97 Å². The van der Waals surface area contributed by atoms with Crippen LogP contribution in [0.1, 0.15) is 13.8 Å². The van der Waals surface area contributed by atoms with Gasteiger partial charge in [-0.15, -0.1) is 0 Å². The predicted molar refractivity (Wildman–Crippen MR) is 61.5 cm³/mol. The van der Waals surface area contributed by atoms with Gasteiger partial charge in [-0.25, -0.2) is 0 Å². The van der Waals surface area contributed by atoms with Crippen molar-refractivity contribution in [1.82, 2.24) is 0 Å². The molecule has 1 aromatic rings. The predicted octanol–water partition coefficient (Wildman–Crippen LogP) is 2.39. The lowest BCUT2D eigenvalue weighted by Gasteiger charge is -2.18. The number of para-hydroxylation sites is 1. The molecule has 4 nitrogen and oxygen atoms in total. The Labute approximate surface area is 98.2 Å². The molecule has 0 saturated heterocycles. The van der Waals surface area contributed by atoms with Crippen LogP contribution in [-0.2, 0) is 9.59 Å². The average Bonchev–Trinajstić information content (AvgIpc) is 2.21. The molecular formula is C11H12ClNO3. The molecule has 0 unspecified atom stereocenters. The van der Waals surface area contributed by atoms with Gasteiger partial charge in [-0.3, -0.25) is 9.59 Å². The van der Waals surface area contributed by atoms with E-state index in [1.165, 1.54) is 13.8 Å². The number of amides is 1. The Morgan fingerprint density at radius 2 is 1.88 bits per heavy atom. The lowest BCUT2D eigenvalue weighted by molar-refractivity contribution is -0.151. The Morgan fingerprint density at radius 1 is 1.31 bits per heavy atom. The zero-order valence-electron chi connectivity index (χ0n) is 8.95. The second-order valence-corrected chi connectivity index (χ2v) is 4.27. The molecule has 1 aromatic carbocycles. The first-order valence-electron chi connectivity index (χ1n) is 4.65. The molecule has 0 bridgehead atoms. The lowest BCUT2D eigenvalue weighted by atomic mass is 9.92. The molecule has 0 fully saturated rings. The minimum atomic E-state index is -1.49. The van der Waals surface area contributed by atoms with Crippen LogP contribution in [0.25, 0.3) is 0 Å². The van der Waals surface area contributed by atoms with E-state index in [4.69, 9.17) is 16.7 Å². The van der Waals surface area contributed by atoms with Gasteiger partial charge in [-0.1, -0.05) is 23.7 Å². The fourth-order valence-corrected chi connectivity index (χ4v) is 1.12. The maximum absolute atomic E-state index is 11.7. The van der Waals surface area contributed by atoms with Crippen LogP contribution in [0, 0.1) is 5.41 Å². The van der Waals surface area contributed by atoms with Crippen LogP contribution < -0.4 is 5.32 Å². The van der Waals surface area contributed by atoms with Gasteiger partial charge in [0.15, 0.2) is 0 Å². The van der Waals surface area contributed by atoms with Gasteiger partial charge in [-0.05, 0) is 26.0 Å². The fraction of sp³-hybridized carbons (Fsp3) is 0.273. The summed E-state index contributed by atoms with van der Waals surface area (Å²) in [5, 5.41) is 11.7. The van der Waals surface area contributed by atoms with Crippen molar-refractivity contribution in [3.05, 3.63) is 29.3 Å². The number of carboxylic acids is 1. The zero-order valence-corrected chi connectivity index (χ0v) is 9.71. The van der Waals surface area contributed by atoms with Gasteiger partial charge in [0.2, 0.25) is 5.91 Å². The number of nitrogens with one attached hydrogen (secondary N) is 1. The first-order chi connectivity index (χ1) is 7.35. The van der Waals surface area contributed by atoms with Crippen molar-refractivity contribution < 1.29 is 14.7 Å². The van der Waals surface area contributed by atoms with Crippen molar-refractivity contribution in [3.8, 4) is 0 Å². The standard InChI is InChI=1S/C11H12ClNO3/c1-11(2,10(15)16)9(14)13-8-6-4-3-5-7(8)12/h3-6H,1-2H3,(H,13,14)(H,15,16). The molecule has 16 heavy (non-hydrogen) atoms. The van der Waals surface area contributed by atoms with E-state index in [0.29, 0.717) is 10.7 Å². The van der Waals surface area contributed by atoms with Gasteiger partial charge in [0, 0.05) is 0 Å². The second kappa shape index (κ2) is 4.53. The highest BCUT2D eigenvalue weighted by molar-refractivity contribution is 6.33. The Morgan fingerprint density at radius 3 is 2.38 bits per heavy atom. The van der Waals surface area contributed by atoms with Crippen LogP contribution in [0.4, 0.5) is 5.69 Å². The molecule has 0 spiro atoms. The number of hydrogen-bond donors (Lipinski definition) is 2. The van der Waals surface area contributed by atoms with Gasteiger partial charge in [-0.2, -0.15) is 0 Å². The molecule has 0 heterocycles.